The number of likely N-dealkylation sites (tertiary alicyclic amines) is 1. The molecule has 140 valence electrons. The largest absolute Gasteiger partial charge is 0.324 e. The molecule has 6 nitrogen and oxygen atoms in total. The lowest BCUT2D eigenvalue weighted by atomic mass is 10.0. The molecule has 1 aliphatic heterocycles. The maximum Gasteiger partial charge on any atom is 0.323 e. The Bertz CT molecular complexity index is 1070. The number of rotatable bonds is 3. The number of aromatic nitrogens is 2. The number of urea groups is 1. The van der Waals surface area contributed by atoms with Gasteiger partial charge in [-0.05, 0) is 50.1 Å². The van der Waals surface area contributed by atoms with Crippen LogP contribution < -0.4 is 5.32 Å². The SMILES string of the molecule is Cc1cc(-c2sc(NC(=O)N3CCC3)nc2-c2cccc(C#N)c2)cc(C)n1. The molecule has 28 heavy (non-hydrogen) atoms. The minimum absolute atomic E-state index is 0.119. The Balaban J connectivity index is 1.79. The minimum atomic E-state index is -0.119. The molecule has 2 aromatic heterocycles. The number of nitrogens with one attached hydrogen (secondary N) is 1. The van der Waals surface area contributed by atoms with Gasteiger partial charge in [-0.3, -0.25) is 10.3 Å². The highest BCUT2D eigenvalue weighted by Crippen LogP contribution is 2.39. The summed E-state index contributed by atoms with van der Waals surface area (Å²) in [6, 6.07) is 13.4. The predicted octanol–water partition coefficient (Wildman–Crippen LogP) is 4.60. The smallest absolute Gasteiger partial charge is 0.323 e. The van der Waals surface area contributed by atoms with Gasteiger partial charge < -0.3 is 4.90 Å². The van der Waals surface area contributed by atoms with Crippen LogP contribution >= 0.6 is 11.3 Å². The molecule has 3 heterocycles. The van der Waals surface area contributed by atoms with Crippen LogP contribution in [-0.4, -0.2) is 34.0 Å². The van der Waals surface area contributed by atoms with Crippen LogP contribution in [-0.2, 0) is 0 Å². The number of carbonyl (C=O) groups excluding carboxylic acids is 1. The Labute approximate surface area is 167 Å². The van der Waals surface area contributed by atoms with Crippen LogP contribution in [0.1, 0.15) is 23.4 Å². The van der Waals surface area contributed by atoms with Gasteiger partial charge in [0.15, 0.2) is 5.13 Å². The molecule has 0 saturated carbocycles. The topological polar surface area (TPSA) is 81.9 Å². The molecule has 2 amide bonds. The quantitative estimate of drug-likeness (QED) is 0.710. The molecule has 0 radical (unpaired) electrons. The third-order valence-corrected chi connectivity index (χ3v) is 5.61. The molecule has 0 unspecified atom stereocenters. The van der Waals surface area contributed by atoms with Gasteiger partial charge in [-0.15, -0.1) is 0 Å². The summed E-state index contributed by atoms with van der Waals surface area (Å²) in [5.41, 5.74) is 5.03. The number of nitrogens with zero attached hydrogens (tertiary/aromatic N) is 4. The van der Waals surface area contributed by atoms with E-state index < -0.39 is 0 Å². The average Bonchev–Trinajstić information content (AvgIpc) is 3.03. The van der Waals surface area contributed by atoms with Crippen LogP contribution in [0.4, 0.5) is 9.93 Å². The lowest BCUT2D eigenvalue weighted by Gasteiger charge is -2.30. The van der Waals surface area contributed by atoms with Gasteiger partial charge in [-0.2, -0.15) is 5.26 Å². The van der Waals surface area contributed by atoms with Crippen molar-refractivity contribution in [2.24, 2.45) is 0 Å². The maximum absolute atomic E-state index is 12.3. The molecule has 1 aromatic carbocycles. The Hall–Kier alpha value is -3.24. The van der Waals surface area contributed by atoms with Crippen LogP contribution in [0.25, 0.3) is 21.7 Å². The zero-order valence-electron chi connectivity index (χ0n) is 15.7. The number of hydrogen-bond acceptors (Lipinski definition) is 5. The molecule has 1 aliphatic rings. The Morgan fingerprint density at radius 3 is 2.54 bits per heavy atom. The molecule has 0 spiro atoms. The Kier molecular flexibility index (Phi) is 4.80. The summed E-state index contributed by atoms with van der Waals surface area (Å²) < 4.78 is 0. The van der Waals surface area contributed by atoms with E-state index in [0.29, 0.717) is 10.7 Å². The molecule has 4 rings (SSSR count). The van der Waals surface area contributed by atoms with Crippen molar-refractivity contribution in [1.82, 2.24) is 14.9 Å². The van der Waals surface area contributed by atoms with Gasteiger partial charge in [0.05, 0.1) is 22.2 Å². The van der Waals surface area contributed by atoms with E-state index >= 15 is 0 Å². The monoisotopic (exact) mass is 389 g/mol. The zero-order valence-corrected chi connectivity index (χ0v) is 16.5. The number of pyridine rings is 1. The number of amides is 2. The summed E-state index contributed by atoms with van der Waals surface area (Å²) in [5.74, 6) is 0. The molecule has 1 fully saturated rings. The van der Waals surface area contributed by atoms with E-state index in [0.717, 1.165) is 52.6 Å². The lowest BCUT2D eigenvalue weighted by molar-refractivity contribution is 0.181. The normalized spacial score (nSPS) is 13.0. The third kappa shape index (κ3) is 3.59. The number of benzene rings is 1. The number of aryl methyl sites for hydroxylation is 2. The van der Waals surface area contributed by atoms with Gasteiger partial charge in [-0.25, -0.2) is 9.78 Å². The van der Waals surface area contributed by atoms with E-state index in [2.05, 4.69) is 16.4 Å². The van der Waals surface area contributed by atoms with Crippen molar-refractivity contribution in [2.45, 2.75) is 20.3 Å². The van der Waals surface area contributed by atoms with Crippen molar-refractivity contribution in [3.8, 4) is 27.8 Å². The number of carbonyl (C=O) groups is 1. The average molecular weight is 389 g/mol. The molecule has 1 saturated heterocycles. The van der Waals surface area contributed by atoms with Crippen LogP contribution in [0, 0.1) is 25.2 Å². The van der Waals surface area contributed by atoms with Crippen LogP contribution in [0.15, 0.2) is 36.4 Å². The van der Waals surface area contributed by atoms with Crippen molar-refractivity contribution in [3.05, 3.63) is 53.3 Å². The van der Waals surface area contributed by atoms with Crippen molar-refractivity contribution in [3.63, 3.8) is 0 Å². The van der Waals surface area contributed by atoms with Crippen molar-refractivity contribution >= 4 is 22.5 Å². The molecular weight excluding hydrogens is 370 g/mol. The molecule has 3 aromatic rings. The molecule has 7 heteroatoms. The first kappa shape index (κ1) is 18.1. The highest BCUT2D eigenvalue weighted by molar-refractivity contribution is 7.19. The summed E-state index contributed by atoms with van der Waals surface area (Å²) in [7, 11) is 0. The Morgan fingerprint density at radius 1 is 1.14 bits per heavy atom. The minimum Gasteiger partial charge on any atom is -0.324 e. The van der Waals surface area contributed by atoms with Crippen LogP contribution in [0.2, 0.25) is 0 Å². The number of hydrogen-bond donors (Lipinski definition) is 1. The molecule has 0 bridgehead atoms. The van der Waals surface area contributed by atoms with Gasteiger partial charge in [0.2, 0.25) is 0 Å². The maximum atomic E-state index is 12.3. The zero-order chi connectivity index (χ0) is 19.7. The fourth-order valence-corrected chi connectivity index (χ4v) is 4.12. The van der Waals surface area contributed by atoms with E-state index in [1.165, 1.54) is 11.3 Å². The van der Waals surface area contributed by atoms with E-state index in [1.807, 2.05) is 44.2 Å². The summed E-state index contributed by atoms with van der Waals surface area (Å²) in [4.78, 5) is 24.2. The van der Waals surface area contributed by atoms with Crippen LogP contribution in [0.3, 0.4) is 0 Å². The van der Waals surface area contributed by atoms with Crippen molar-refractivity contribution in [1.29, 1.82) is 5.26 Å². The third-order valence-electron chi connectivity index (χ3n) is 4.59. The van der Waals surface area contributed by atoms with E-state index in [4.69, 9.17) is 4.98 Å². The highest BCUT2D eigenvalue weighted by Gasteiger charge is 2.23. The summed E-state index contributed by atoms with van der Waals surface area (Å²) in [6.45, 7) is 5.48. The number of anilines is 1. The predicted molar refractivity (Wildman–Crippen MR) is 110 cm³/mol. The summed E-state index contributed by atoms with van der Waals surface area (Å²) >= 11 is 1.44. The molecular formula is C21H19N5OS. The molecule has 0 atom stereocenters. The van der Waals surface area contributed by atoms with Gasteiger partial charge in [0.25, 0.3) is 0 Å². The lowest BCUT2D eigenvalue weighted by Crippen LogP contribution is -2.44. The second-order valence-corrected chi connectivity index (χ2v) is 7.80. The first-order valence-corrected chi connectivity index (χ1v) is 9.88. The fraction of sp³-hybridized carbons (Fsp3) is 0.238. The van der Waals surface area contributed by atoms with Crippen molar-refractivity contribution < 1.29 is 4.79 Å². The van der Waals surface area contributed by atoms with E-state index in [1.54, 1.807) is 11.0 Å². The van der Waals surface area contributed by atoms with Gasteiger partial charge in [0, 0.05) is 30.0 Å². The second-order valence-electron chi connectivity index (χ2n) is 6.80. The number of thiazole rings is 1. The van der Waals surface area contributed by atoms with Crippen molar-refractivity contribution in [2.75, 3.05) is 18.4 Å². The Morgan fingerprint density at radius 2 is 1.89 bits per heavy atom. The first-order chi connectivity index (χ1) is 13.5. The van der Waals surface area contributed by atoms with Gasteiger partial charge >= 0.3 is 6.03 Å². The first-order valence-electron chi connectivity index (χ1n) is 9.06. The summed E-state index contributed by atoms with van der Waals surface area (Å²) in [5, 5.41) is 12.7. The van der Waals surface area contributed by atoms with Gasteiger partial charge in [0.1, 0.15) is 0 Å². The highest BCUT2D eigenvalue weighted by atomic mass is 32.1. The summed E-state index contributed by atoms with van der Waals surface area (Å²) in [6.07, 6.45) is 1.04. The number of nitriles is 1. The van der Waals surface area contributed by atoms with Crippen LogP contribution in [0.5, 0.6) is 0 Å². The van der Waals surface area contributed by atoms with E-state index in [-0.39, 0.29) is 6.03 Å². The standard InChI is InChI=1S/C21H19N5OS/c1-13-9-17(10-14(2)23-13)19-18(16-6-3-5-15(11-16)12-22)24-20(28-19)25-21(27)26-7-4-8-26/h3,5-6,9-11H,4,7-8H2,1-2H3,(H,24,25,27). The second kappa shape index (κ2) is 7.41. The van der Waals surface area contributed by atoms with Gasteiger partial charge in [-0.1, -0.05) is 23.5 Å². The molecule has 0 aliphatic carbocycles. The molecule has 1 N–H and O–H groups in total. The van der Waals surface area contributed by atoms with E-state index in [9.17, 15) is 10.1 Å². The fourth-order valence-electron chi connectivity index (χ4n) is 3.16.